The number of aromatic nitrogens is 2. The summed E-state index contributed by atoms with van der Waals surface area (Å²) in [4.78, 5) is 10.6. The molecular formula is C22H24F3N3O5S. The van der Waals surface area contributed by atoms with Crippen molar-refractivity contribution in [3.05, 3.63) is 80.4 Å². The van der Waals surface area contributed by atoms with E-state index in [4.69, 9.17) is 4.42 Å². The molecule has 1 heterocycles. The Kier molecular flexibility index (Phi) is 6.80. The summed E-state index contributed by atoms with van der Waals surface area (Å²) in [5.74, 6) is -5.62. The Morgan fingerprint density at radius 1 is 1.12 bits per heavy atom. The number of aromatic amines is 1. The normalized spacial score (nSPS) is 14.3. The van der Waals surface area contributed by atoms with Crippen molar-refractivity contribution in [2.24, 2.45) is 0 Å². The molecule has 0 amide bonds. The molecule has 2 unspecified atom stereocenters. The SMILES string of the molecule is Cc1ccc(F)c(C(C)C(NS(=O)(=O)c2ccc(F)c(C(C)(C)O)c2F)c2n[nH]c(=O)o2)c1C. The molecule has 0 spiro atoms. The monoisotopic (exact) mass is 499 g/mol. The number of sulfonamides is 1. The number of benzene rings is 2. The molecule has 0 aliphatic carbocycles. The summed E-state index contributed by atoms with van der Waals surface area (Å²) in [6.45, 7) is 7.07. The number of nitrogens with one attached hydrogen (secondary N) is 2. The van der Waals surface area contributed by atoms with E-state index in [-0.39, 0.29) is 5.56 Å². The van der Waals surface area contributed by atoms with Gasteiger partial charge in [0.2, 0.25) is 15.9 Å². The molecule has 0 radical (unpaired) electrons. The van der Waals surface area contributed by atoms with E-state index in [0.29, 0.717) is 17.7 Å². The lowest BCUT2D eigenvalue weighted by molar-refractivity contribution is 0.0696. The van der Waals surface area contributed by atoms with Gasteiger partial charge in [0, 0.05) is 5.92 Å². The predicted molar refractivity (Wildman–Crippen MR) is 116 cm³/mol. The van der Waals surface area contributed by atoms with Crippen molar-refractivity contribution >= 4 is 10.0 Å². The summed E-state index contributed by atoms with van der Waals surface area (Å²) in [5, 5.41) is 15.8. The fraction of sp³-hybridized carbons (Fsp3) is 0.364. The second-order valence-electron chi connectivity index (χ2n) is 8.54. The molecule has 184 valence electrons. The number of aliphatic hydroxyl groups is 1. The average Bonchev–Trinajstić information content (AvgIpc) is 3.14. The summed E-state index contributed by atoms with van der Waals surface area (Å²) in [7, 11) is -4.76. The number of H-pyrrole nitrogens is 1. The van der Waals surface area contributed by atoms with Crippen molar-refractivity contribution in [3.8, 4) is 0 Å². The van der Waals surface area contributed by atoms with Gasteiger partial charge < -0.3 is 9.52 Å². The molecule has 1 aromatic heterocycles. The van der Waals surface area contributed by atoms with E-state index in [1.54, 1.807) is 19.9 Å². The Morgan fingerprint density at radius 2 is 1.74 bits per heavy atom. The highest BCUT2D eigenvalue weighted by Gasteiger charge is 2.36. The summed E-state index contributed by atoms with van der Waals surface area (Å²) < 4.78 is 77.6. The second kappa shape index (κ2) is 9.01. The minimum Gasteiger partial charge on any atom is -0.391 e. The molecule has 8 nitrogen and oxygen atoms in total. The maximum absolute atomic E-state index is 15.1. The van der Waals surface area contributed by atoms with Crippen LogP contribution in [-0.4, -0.2) is 23.7 Å². The van der Waals surface area contributed by atoms with Gasteiger partial charge in [-0.25, -0.2) is 31.5 Å². The molecule has 0 bridgehead atoms. The van der Waals surface area contributed by atoms with Gasteiger partial charge in [-0.15, -0.1) is 5.10 Å². The molecule has 2 atom stereocenters. The smallest absolute Gasteiger partial charge is 0.391 e. The van der Waals surface area contributed by atoms with Crippen LogP contribution in [0.2, 0.25) is 0 Å². The van der Waals surface area contributed by atoms with Gasteiger partial charge in [-0.1, -0.05) is 13.0 Å². The van der Waals surface area contributed by atoms with E-state index >= 15 is 4.39 Å². The van der Waals surface area contributed by atoms with Crippen molar-refractivity contribution in [1.82, 2.24) is 14.9 Å². The molecule has 34 heavy (non-hydrogen) atoms. The fourth-order valence-electron chi connectivity index (χ4n) is 3.80. The van der Waals surface area contributed by atoms with Crippen LogP contribution in [-0.2, 0) is 15.6 Å². The third-order valence-corrected chi connectivity index (χ3v) is 7.11. The maximum Gasteiger partial charge on any atom is 0.434 e. The number of hydrogen-bond donors (Lipinski definition) is 3. The van der Waals surface area contributed by atoms with Crippen LogP contribution in [0.15, 0.2) is 38.4 Å². The highest BCUT2D eigenvalue weighted by Crippen LogP contribution is 2.36. The van der Waals surface area contributed by atoms with Crippen LogP contribution in [0.3, 0.4) is 0 Å². The number of hydrogen-bond acceptors (Lipinski definition) is 6. The van der Waals surface area contributed by atoms with E-state index in [1.807, 2.05) is 5.10 Å². The number of aryl methyl sites for hydroxylation is 1. The van der Waals surface area contributed by atoms with Crippen molar-refractivity contribution in [3.63, 3.8) is 0 Å². The average molecular weight is 500 g/mol. The van der Waals surface area contributed by atoms with Crippen molar-refractivity contribution in [1.29, 1.82) is 0 Å². The van der Waals surface area contributed by atoms with Crippen LogP contribution in [0, 0.1) is 31.3 Å². The topological polar surface area (TPSA) is 125 Å². The van der Waals surface area contributed by atoms with Crippen LogP contribution in [0.25, 0.3) is 0 Å². The van der Waals surface area contributed by atoms with Crippen molar-refractivity contribution in [2.45, 2.75) is 57.1 Å². The lowest BCUT2D eigenvalue weighted by Gasteiger charge is -2.26. The molecule has 0 saturated heterocycles. The number of rotatable bonds is 7. The largest absolute Gasteiger partial charge is 0.434 e. The summed E-state index contributed by atoms with van der Waals surface area (Å²) in [5.41, 5.74) is -1.47. The molecule has 0 aliphatic rings. The Labute approximate surface area is 193 Å². The van der Waals surface area contributed by atoms with Crippen LogP contribution < -0.4 is 10.5 Å². The first-order valence-electron chi connectivity index (χ1n) is 10.2. The van der Waals surface area contributed by atoms with Gasteiger partial charge in [0.25, 0.3) is 0 Å². The van der Waals surface area contributed by atoms with Crippen LogP contribution in [0.1, 0.15) is 60.9 Å². The molecule has 3 N–H and O–H groups in total. The van der Waals surface area contributed by atoms with Gasteiger partial charge in [0.05, 0.1) is 11.2 Å². The minimum atomic E-state index is -4.76. The highest BCUT2D eigenvalue weighted by atomic mass is 32.2. The van der Waals surface area contributed by atoms with Gasteiger partial charge in [-0.3, -0.25) is 0 Å². The molecule has 12 heteroatoms. The van der Waals surface area contributed by atoms with Gasteiger partial charge in [0.1, 0.15) is 22.6 Å². The van der Waals surface area contributed by atoms with Gasteiger partial charge in [-0.2, -0.15) is 4.72 Å². The molecule has 0 aliphatic heterocycles. The fourth-order valence-corrected chi connectivity index (χ4v) is 5.15. The maximum atomic E-state index is 15.1. The summed E-state index contributed by atoms with van der Waals surface area (Å²) in [6.07, 6.45) is 0. The predicted octanol–water partition coefficient (Wildman–Crippen LogP) is 3.45. The Balaban J connectivity index is 2.16. The van der Waals surface area contributed by atoms with E-state index in [0.717, 1.165) is 19.4 Å². The van der Waals surface area contributed by atoms with Crippen molar-refractivity contribution in [2.75, 3.05) is 0 Å². The lowest BCUT2D eigenvalue weighted by Crippen LogP contribution is -2.34. The minimum absolute atomic E-state index is 0.134. The highest BCUT2D eigenvalue weighted by molar-refractivity contribution is 7.89. The van der Waals surface area contributed by atoms with E-state index in [9.17, 15) is 27.1 Å². The van der Waals surface area contributed by atoms with Crippen LogP contribution in [0.4, 0.5) is 13.2 Å². The first kappa shape index (κ1) is 25.7. The number of nitrogens with zero attached hydrogens (tertiary/aromatic N) is 1. The van der Waals surface area contributed by atoms with E-state index in [2.05, 4.69) is 9.82 Å². The zero-order valence-electron chi connectivity index (χ0n) is 19.0. The second-order valence-corrected chi connectivity index (χ2v) is 10.2. The molecule has 0 fully saturated rings. The van der Waals surface area contributed by atoms with Gasteiger partial charge >= 0.3 is 5.76 Å². The lowest BCUT2D eigenvalue weighted by atomic mass is 9.88. The van der Waals surface area contributed by atoms with Gasteiger partial charge in [-0.05, 0) is 62.6 Å². The Morgan fingerprint density at radius 3 is 2.29 bits per heavy atom. The molecule has 0 saturated carbocycles. The summed E-state index contributed by atoms with van der Waals surface area (Å²) >= 11 is 0. The van der Waals surface area contributed by atoms with Gasteiger partial charge in [0.15, 0.2) is 5.82 Å². The zero-order valence-corrected chi connectivity index (χ0v) is 19.9. The third-order valence-electron chi connectivity index (χ3n) is 5.65. The standard InChI is InChI=1S/C22H24F3N3O5S/c1-10-6-7-13(23)16(11(10)2)12(3)19(20-26-27-21(29)33-20)28-34(31,32)15-9-8-14(24)17(18(15)25)22(4,5)30/h6-9,12,19,28,30H,1-5H3,(H,27,29). The molecule has 3 rings (SSSR count). The van der Waals surface area contributed by atoms with Crippen LogP contribution in [0.5, 0.6) is 0 Å². The first-order valence-corrected chi connectivity index (χ1v) is 11.7. The molecule has 2 aromatic carbocycles. The van der Waals surface area contributed by atoms with Crippen LogP contribution >= 0.6 is 0 Å². The molecular weight excluding hydrogens is 475 g/mol. The van der Waals surface area contributed by atoms with E-state index < -0.39 is 67.1 Å². The third kappa shape index (κ3) is 4.79. The summed E-state index contributed by atoms with van der Waals surface area (Å²) in [6, 6.07) is 2.73. The first-order chi connectivity index (χ1) is 15.6. The Hall–Kier alpha value is -2.96. The zero-order chi connectivity index (χ0) is 25.6. The quantitative estimate of drug-likeness (QED) is 0.457. The van der Waals surface area contributed by atoms with Crippen molar-refractivity contribution < 1.29 is 31.1 Å². The Bertz CT molecular complexity index is 1390. The molecule has 3 aromatic rings. The number of halogens is 3. The van der Waals surface area contributed by atoms with E-state index in [1.165, 1.54) is 13.0 Å².